The van der Waals surface area contributed by atoms with E-state index < -0.39 is 0 Å². The predicted octanol–water partition coefficient (Wildman–Crippen LogP) is 1.87. The fraction of sp³-hybridized carbons (Fsp3) is 0.250. The molecule has 0 unspecified atom stereocenters. The van der Waals surface area contributed by atoms with Gasteiger partial charge in [0, 0.05) is 6.20 Å². The Kier molecular flexibility index (Phi) is 6.52. The van der Waals surface area contributed by atoms with Gasteiger partial charge in [0.15, 0.2) is 0 Å². The first-order valence-electron chi connectivity index (χ1n) is 4.58. The van der Waals surface area contributed by atoms with Gasteiger partial charge in [-0.15, -0.1) is 0 Å². The maximum absolute atomic E-state index is 4.18. The summed E-state index contributed by atoms with van der Waals surface area (Å²) in [6.45, 7) is 9.61. The summed E-state index contributed by atoms with van der Waals surface area (Å²) in [7, 11) is 0. The number of rotatable bonds is 1. The third kappa shape index (κ3) is 3.70. The zero-order valence-electron chi connectivity index (χ0n) is 8.62. The standard InChI is InChI=1S/C10H11N.C2H6/c1-3-6-9-7-5-8-11-10(9)4-2;1-2/h3-8H,1H2,2H3;1-2H3/b9-6-,10-4+;. The normalized spacial score (nSPS) is 11.9. The maximum atomic E-state index is 4.18. The second kappa shape index (κ2) is 7.29. The number of nitrogens with zero attached hydrogens (tertiary/aromatic N) is 1. The molecule has 0 aliphatic carbocycles. The molecule has 0 bridgehead atoms. The van der Waals surface area contributed by atoms with Gasteiger partial charge in [0.2, 0.25) is 0 Å². The van der Waals surface area contributed by atoms with E-state index in [4.69, 9.17) is 0 Å². The van der Waals surface area contributed by atoms with Gasteiger partial charge in [0.25, 0.3) is 0 Å². The van der Waals surface area contributed by atoms with Crippen LogP contribution in [0, 0.1) is 0 Å². The smallest absolute Gasteiger partial charge is 0.0659 e. The van der Waals surface area contributed by atoms with Crippen molar-refractivity contribution in [2.45, 2.75) is 20.8 Å². The average molecular weight is 175 g/mol. The lowest BCUT2D eigenvalue weighted by atomic mass is 10.3. The second-order valence-electron chi connectivity index (χ2n) is 2.17. The van der Waals surface area contributed by atoms with Crippen molar-refractivity contribution < 1.29 is 0 Å². The number of hydrogen-bond donors (Lipinski definition) is 0. The van der Waals surface area contributed by atoms with E-state index >= 15 is 0 Å². The van der Waals surface area contributed by atoms with Gasteiger partial charge in [0.1, 0.15) is 0 Å². The van der Waals surface area contributed by atoms with Gasteiger partial charge in [-0.2, -0.15) is 0 Å². The Bertz CT molecular complexity index is 350. The molecule has 0 N–H and O–H groups in total. The van der Waals surface area contributed by atoms with Crippen LogP contribution in [0.2, 0.25) is 0 Å². The van der Waals surface area contributed by atoms with Crippen LogP contribution < -0.4 is 10.6 Å². The van der Waals surface area contributed by atoms with Crippen LogP contribution in [0.4, 0.5) is 0 Å². The first-order valence-corrected chi connectivity index (χ1v) is 4.58. The van der Waals surface area contributed by atoms with E-state index in [1.807, 2.05) is 45.1 Å². The lowest BCUT2D eigenvalue weighted by Crippen LogP contribution is -2.26. The number of aromatic nitrogens is 1. The van der Waals surface area contributed by atoms with Crippen molar-refractivity contribution >= 4 is 12.2 Å². The van der Waals surface area contributed by atoms with Gasteiger partial charge >= 0.3 is 0 Å². The van der Waals surface area contributed by atoms with Crippen LogP contribution in [0.3, 0.4) is 0 Å². The zero-order chi connectivity index (χ0) is 10.1. The molecule has 0 aliphatic heterocycles. The van der Waals surface area contributed by atoms with Crippen LogP contribution in [-0.4, -0.2) is 4.98 Å². The molecular formula is C12H17N. The van der Waals surface area contributed by atoms with Crippen LogP contribution in [0.25, 0.3) is 12.2 Å². The van der Waals surface area contributed by atoms with E-state index in [0.29, 0.717) is 0 Å². The molecule has 0 fully saturated rings. The Morgan fingerprint density at radius 3 is 2.62 bits per heavy atom. The zero-order valence-corrected chi connectivity index (χ0v) is 8.62. The Hall–Kier alpha value is -1.37. The van der Waals surface area contributed by atoms with Crippen LogP contribution in [0.15, 0.2) is 31.0 Å². The average Bonchev–Trinajstić information content (AvgIpc) is 2.22. The molecule has 1 aromatic rings. The maximum Gasteiger partial charge on any atom is 0.0659 e. The van der Waals surface area contributed by atoms with Crippen LogP contribution in [-0.2, 0) is 0 Å². The summed E-state index contributed by atoms with van der Waals surface area (Å²) in [5.41, 5.74) is 0. The van der Waals surface area contributed by atoms with E-state index in [1.165, 1.54) is 0 Å². The molecule has 0 radical (unpaired) electrons. The topological polar surface area (TPSA) is 12.9 Å². The van der Waals surface area contributed by atoms with Crippen molar-refractivity contribution in [3.05, 3.63) is 41.6 Å². The van der Waals surface area contributed by atoms with Crippen molar-refractivity contribution in [2.75, 3.05) is 0 Å². The van der Waals surface area contributed by atoms with Crippen LogP contribution >= 0.6 is 0 Å². The molecule has 1 rings (SSSR count). The Morgan fingerprint density at radius 1 is 1.38 bits per heavy atom. The minimum absolute atomic E-state index is 1.01. The first kappa shape index (κ1) is 11.6. The van der Waals surface area contributed by atoms with E-state index in [9.17, 15) is 0 Å². The Balaban J connectivity index is 0.000000671. The van der Waals surface area contributed by atoms with Gasteiger partial charge < -0.3 is 0 Å². The molecule has 0 saturated heterocycles. The lowest BCUT2D eigenvalue weighted by molar-refractivity contribution is 1.22. The van der Waals surface area contributed by atoms with E-state index in [-0.39, 0.29) is 0 Å². The highest BCUT2D eigenvalue weighted by Crippen LogP contribution is 1.68. The molecule has 1 aromatic heterocycles. The molecule has 0 saturated carbocycles. The molecule has 70 valence electrons. The monoisotopic (exact) mass is 175 g/mol. The van der Waals surface area contributed by atoms with E-state index in [0.717, 1.165) is 10.6 Å². The molecule has 0 amide bonds. The number of hydrogen-bond acceptors (Lipinski definition) is 1. The molecule has 0 aliphatic rings. The molecule has 0 aromatic carbocycles. The molecule has 1 nitrogen and oxygen atoms in total. The van der Waals surface area contributed by atoms with Gasteiger partial charge in [0.05, 0.1) is 5.35 Å². The van der Waals surface area contributed by atoms with Crippen LogP contribution in [0.1, 0.15) is 20.8 Å². The first-order chi connectivity index (χ1) is 6.38. The lowest BCUT2D eigenvalue weighted by Gasteiger charge is -1.85. The summed E-state index contributed by atoms with van der Waals surface area (Å²) in [4.78, 5) is 4.18. The molecule has 1 heterocycles. The minimum atomic E-state index is 1.01. The fourth-order valence-corrected chi connectivity index (χ4v) is 0.939. The van der Waals surface area contributed by atoms with Gasteiger partial charge in [-0.3, -0.25) is 4.98 Å². The summed E-state index contributed by atoms with van der Waals surface area (Å²) in [5.74, 6) is 0. The summed E-state index contributed by atoms with van der Waals surface area (Å²) >= 11 is 0. The van der Waals surface area contributed by atoms with Gasteiger partial charge in [-0.05, 0) is 18.2 Å². The number of pyridine rings is 1. The van der Waals surface area contributed by atoms with Gasteiger partial charge in [-0.1, -0.05) is 44.7 Å². The van der Waals surface area contributed by atoms with Crippen LogP contribution in [0.5, 0.6) is 0 Å². The SMILES string of the molecule is C=C/C=c1/cccn/c1=C/C.CC. The van der Waals surface area contributed by atoms with E-state index in [2.05, 4.69) is 11.6 Å². The summed E-state index contributed by atoms with van der Waals surface area (Å²) in [5, 5.41) is 2.12. The summed E-state index contributed by atoms with van der Waals surface area (Å²) in [6.07, 6.45) is 7.48. The highest BCUT2D eigenvalue weighted by Gasteiger charge is 1.79. The molecule has 0 atom stereocenters. The van der Waals surface area contributed by atoms with Crippen molar-refractivity contribution in [3.63, 3.8) is 0 Å². The van der Waals surface area contributed by atoms with Crippen molar-refractivity contribution in [1.29, 1.82) is 0 Å². The summed E-state index contributed by atoms with van der Waals surface area (Å²) < 4.78 is 0. The Labute approximate surface area is 80.1 Å². The highest BCUT2D eigenvalue weighted by atomic mass is 14.6. The minimum Gasteiger partial charge on any atom is -0.257 e. The van der Waals surface area contributed by atoms with Crippen molar-refractivity contribution in [2.24, 2.45) is 0 Å². The van der Waals surface area contributed by atoms with Crippen molar-refractivity contribution in [1.82, 2.24) is 4.98 Å². The van der Waals surface area contributed by atoms with E-state index in [1.54, 1.807) is 12.3 Å². The third-order valence-electron chi connectivity index (χ3n) is 1.44. The largest absolute Gasteiger partial charge is 0.257 e. The second-order valence-corrected chi connectivity index (χ2v) is 2.17. The molecule has 13 heavy (non-hydrogen) atoms. The van der Waals surface area contributed by atoms with Gasteiger partial charge in [-0.25, -0.2) is 0 Å². The summed E-state index contributed by atoms with van der Waals surface area (Å²) in [6, 6.07) is 3.94. The molecule has 0 spiro atoms. The third-order valence-corrected chi connectivity index (χ3v) is 1.44. The fourth-order valence-electron chi connectivity index (χ4n) is 0.939. The highest BCUT2D eigenvalue weighted by molar-refractivity contribution is 5.35. The quantitative estimate of drug-likeness (QED) is 0.635. The molecular weight excluding hydrogens is 158 g/mol. The predicted molar refractivity (Wildman–Crippen MR) is 59.6 cm³/mol. The van der Waals surface area contributed by atoms with Crippen molar-refractivity contribution in [3.8, 4) is 0 Å². The Morgan fingerprint density at radius 2 is 2.08 bits per heavy atom. The molecule has 1 heteroatoms. The number of allylic oxidation sites excluding steroid dienone is 1.